The average Bonchev–Trinajstić information content (AvgIpc) is 2.26. The van der Waals surface area contributed by atoms with Crippen molar-refractivity contribution < 1.29 is 18.0 Å². The normalized spacial score (nSPS) is 11.1. The predicted octanol–water partition coefficient (Wildman–Crippen LogP) is 1.15. The highest BCUT2D eigenvalue weighted by atomic mass is 19.4. The third kappa shape index (κ3) is 3.89. The van der Waals surface area contributed by atoms with Gasteiger partial charge in [0, 0.05) is 14.1 Å². The number of anilines is 1. The van der Waals surface area contributed by atoms with Gasteiger partial charge in [-0.15, -0.1) is 0 Å². The molecule has 1 aromatic rings. The van der Waals surface area contributed by atoms with E-state index in [1.54, 1.807) is 7.05 Å². The van der Waals surface area contributed by atoms with Gasteiger partial charge in [-0.1, -0.05) is 0 Å². The number of aromatic nitrogens is 2. The number of amides is 1. The largest absolute Gasteiger partial charge is 0.406 e. The summed E-state index contributed by atoms with van der Waals surface area (Å²) >= 11 is 0. The molecule has 0 aliphatic carbocycles. The number of carbonyl (C=O) groups is 1. The quantitative estimate of drug-likeness (QED) is 0.871. The van der Waals surface area contributed by atoms with Crippen molar-refractivity contribution in [2.75, 3.05) is 26.0 Å². The summed E-state index contributed by atoms with van der Waals surface area (Å²) in [7, 11) is 2.67. The van der Waals surface area contributed by atoms with Crippen molar-refractivity contribution in [3.05, 3.63) is 18.1 Å². The Morgan fingerprint density at radius 3 is 2.47 bits per heavy atom. The maximum absolute atomic E-state index is 12.1. The molecule has 1 heterocycles. The van der Waals surface area contributed by atoms with Crippen molar-refractivity contribution >= 4 is 11.7 Å². The molecule has 0 aliphatic rings. The molecule has 1 aromatic heterocycles. The van der Waals surface area contributed by atoms with E-state index in [0.717, 1.165) is 13.2 Å². The van der Waals surface area contributed by atoms with E-state index in [4.69, 9.17) is 0 Å². The van der Waals surface area contributed by atoms with Gasteiger partial charge < -0.3 is 10.2 Å². The number of halogens is 3. The Bertz CT molecular complexity index is 390. The van der Waals surface area contributed by atoms with Gasteiger partial charge in [0.05, 0.1) is 12.4 Å². The monoisotopic (exact) mass is 248 g/mol. The van der Waals surface area contributed by atoms with E-state index in [2.05, 4.69) is 15.3 Å². The highest BCUT2D eigenvalue weighted by Crippen LogP contribution is 2.16. The van der Waals surface area contributed by atoms with E-state index >= 15 is 0 Å². The average molecular weight is 248 g/mol. The van der Waals surface area contributed by atoms with E-state index in [1.807, 2.05) is 0 Å². The van der Waals surface area contributed by atoms with E-state index < -0.39 is 18.6 Å². The van der Waals surface area contributed by atoms with Gasteiger partial charge in [0.1, 0.15) is 18.1 Å². The second-order valence-corrected chi connectivity index (χ2v) is 3.31. The van der Waals surface area contributed by atoms with Crippen molar-refractivity contribution in [2.24, 2.45) is 0 Å². The number of hydrogen-bond donors (Lipinski definition) is 1. The van der Waals surface area contributed by atoms with Crippen LogP contribution in [0.3, 0.4) is 0 Å². The summed E-state index contributed by atoms with van der Waals surface area (Å²) in [6.45, 7) is -1.32. The van der Waals surface area contributed by atoms with E-state index in [-0.39, 0.29) is 5.69 Å². The zero-order valence-corrected chi connectivity index (χ0v) is 9.25. The summed E-state index contributed by atoms with van der Waals surface area (Å²) in [4.78, 5) is 19.6. The van der Waals surface area contributed by atoms with E-state index in [9.17, 15) is 18.0 Å². The number of hydrogen-bond acceptors (Lipinski definition) is 4. The lowest BCUT2D eigenvalue weighted by atomic mass is 10.4. The number of nitrogens with one attached hydrogen (secondary N) is 1. The Kier molecular flexibility index (Phi) is 3.87. The fourth-order valence-electron chi connectivity index (χ4n) is 1.10. The van der Waals surface area contributed by atoms with Gasteiger partial charge in [0.25, 0.3) is 5.91 Å². The van der Waals surface area contributed by atoms with Gasteiger partial charge in [0.15, 0.2) is 0 Å². The first-order valence-corrected chi connectivity index (χ1v) is 4.65. The topological polar surface area (TPSA) is 58.1 Å². The molecule has 0 bridgehead atoms. The van der Waals surface area contributed by atoms with Crippen molar-refractivity contribution in [3.8, 4) is 0 Å². The third-order valence-corrected chi connectivity index (χ3v) is 1.89. The molecule has 0 fully saturated rings. The minimum Gasteiger partial charge on any atom is -0.372 e. The molecule has 1 rings (SSSR count). The van der Waals surface area contributed by atoms with Crippen LogP contribution in [-0.4, -0.2) is 47.6 Å². The van der Waals surface area contributed by atoms with Crippen molar-refractivity contribution in [2.45, 2.75) is 6.18 Å². The first kappa shape index (κ1) is 13.2. The maximum Gasteiger partial charge on any atom is 0.406 e. The van der Waals surface area contributed by atoms with Gasteiger partial charge in [-0.25, -0.2) is 9.97 Å². The Morgan fingerprint density at radius 1 is 1.41 bits per heavy atom. The Morgan fingerprint density at radius 2 is 2.06 bits per heavy atom. The Balaban J connectivity index is 2.75. The molecular formula is C9H11F3N4O. The van der Waals surface area contributed by atoms with E-state index in [0.29, 0.717) is 10.7 Å². The molecule has 0 saturated heterocycles. The number of carbonyl (C=O) groups excluding carboxylic acids is 1. The lowest BCUT2D eigenvalue weighted by Gasteiger charge is -2.18. The molecule has 0 unspecified atom stereocenters. The van der Waals surface area contributed by atoms with Gasteiger partial charge >= 0.3 is 6.18 Å². The molecule has 0 saturated carbocycles. The molecule has 0 aromatic carbocycles. The maximum atomic E-state index is 12.1. The second kappa shape index (κ2) is 4.98. The molecular weight excluding hydrogens is 237 g/mol. The lowest BCUT2D eigenvalue weighted by Crippen LogP contribution is -2.36. The highest BCUT2D eigenvalue weighted by molar-refractivity contribution is 5.91. The second-order valence-electron chi connectivity index (χ2n) is 3.31. The van der Waals surface area contributed by atoms with Crippen LogP contribution in [0.25, 0.3) is 0 Å². The molecule has 17 heavy (non-hydrogen) atoms. The summed E-state index contributed by atoms with van der Waals surface area (Å²) in [5, 5.41) is 2.68. The minimum absolute atomic E-state index is 0.129. The summed E-state index contributed by atoms with van der Waals surface area (Å²) in [6.07, 6.45) is -2.03. The Hall–Kier alpha value is -1.86. The van der Waals surface area contributed by atoms with Crippen LogP contribution < -0.4 is 5.32 Å². The molecule has 5 nitrogen and oxygen atoms in total. The Labute approximate surface area is 95.7 Å². The van der Waals surface area contributed by atoms with Gasteiger partial charge in [0.2, 0.25) is 0 Å². The highest BCUT2D eigenvalue weighted by Gasteiger charge is 2.31. The molecule has 1 amide bonds. The zero-order chi connectivity index (χ0) is 13.1. The van der Waals surface area contributed by atoms with Crippen LogP contribution >= 0.6 is 0 Å². The van der Waals surface area contributed by atoms with Crippen molar-refractivity contribution in [1.29, 1.82) is 0 Å². The van der Waals surface area contributed by atoms with Gasteiger partial charge in [-0.3, -0.25) is 4.79 Å². The summed E-state index contributed by atoms with van der Waals surface area (Å²) in [6, 6.07) is 0. The zero-order valence-electron chi connectivity index (χ0n) is 9.25. The molecule has 8 heteroatoms. The van der Waals surface area contributed by atoms with Crippen LogP contribution in [-0.2, 0) is 0 Å². The van der Waals surface area contributed by atoms with Crippen LogP contribution in [0, 0.1) is 0 Å². The van der Waals surface area contributed by atoms with Crippen LogP contribution in [0.5, 0.6) is 0 Å². The molecule has 94 valence electrons. The van der Waals surface area contributed by atoms with Gasteiger partial charge in [-0.2, -0.15) is 13.2 Å². The summed E-state index contributed by atoms with van der Waals surface area (Å²) in [5.74, 6) is -0.391. The molecule has 0 aliphatic heterocycles. The fourth-order valence-corrected chi connectivity index (χ4v) is 1.10. The predicted molar refractivity (Wildman–Crippen MR) is 54.6 cm³/mol. The third-order valence-electron chi connectivity index (χ3n) is 1.89. The summed E-state index contributed by atoms with van der Waals surface area (Å²) in [5.41, 5.74) is -0.129. The first-order valence-electron chi connectivity index (χ1n) is 4.65. The van der Waals surface area contributed by atoms with Crippen LogP contribution in [0.1, 0.15) is 10.5 Å². The van der Waals surface area contributed by atoms with Crippen molar-refractivity contribution in [3.63, 3.8) is 0 Å². The molecule has 0 atom stereocenters. The number of rotatable bonds is 3. The molecule has 0 radical (unpaired) electrons. The van der Waals surface area contributed by atoms with Gasteiger partial charge in [-0.05, 0) is 0 Å². The van der Waals surface area contributed by atoms with Crippen LogP contribution in [0.4, 0.5) is 19.0 Å². The lowest BCUT2D eigenvalue weighted by molar-refractivity contribution is -0.138. The van der Waals surface area contributed by atoms with Crippen LogP contribution in [0.2, 0.25) is 0 Å². The van der Waals surface area contributed by atoms with E-state index in [1.165, 1.54) is 6.20 Å². The fraction of sp³-hybridized carbons (Fsp3) is 0.444. The number of alkyl halides is 3. The van der Waals surface area contributed by atoms with Crippen molar-refractivity contribution in [1.82, 2.24) is 14.9 Å². The standard InChI is InChI=1S/C9H11F3N4O/c1-13-7-4-14-6(3-15-7)8(17)16(2)5-9(10,11)12/h3-4H,5H2,1-2H3,(H,13,15). The number of nitrogens with zero attached hydrogens (tertiary/aromatic N) is 3. The smallest absolute Gasteiger partial charge is 0.372 e. The minimum atomic E-state index is -4.43. The summed E-state index contributed by atoms with van der Waals surface area (Å²) < 4.78 is 36.2. The molecule has 1 N–H and O–H groups in total. The van der Waals surface area contributed by atoms with Crippen LogP contribution in [0.15, 0.2) is 12.4 Å². The molecule has 0 spiro atoms. The SMILES string of the molecule is CNc1cnc(C(=O)N(C)CC(F)(F)F)cn1. The first-order chi connectivity index (χ1) is 7.83.